The zero-order chi connectivity index (χ0) is 17.8. The van der Waals surface area contributed by atoms with Crippen LogP contribution in [0.25, 0.3) is 0 Å². The van der Waals surface area contributed by atoms with Crippen LogP contribution in [0.1, 0.15) is 5.56 Å². The first kappa shape index (κ1) is 17.8. The Balaban J connectivity index is 1.64. The van der Waals surface area contributed by atoms with Gasteiger partial charge in [0.15, 0.2) is 5.82 Å². The second-order valence-corrected chi connectivity index (χ2v) is 6.96. The molecule has 0 saturated heterocycles. The van der Waals surface area contributed by atoms with E-state index in [2.05, 4.69) is 31.7 Å². The highest BCUT2D eigenvalue weighted by Crippen LogP contribution is 2.21. The Morgan fingerprint density at radius 2 is 1.60 bits per heavy atom. The van der Waals surface area contributed by atoms with Crippen molar-refractivity contribution in [3.05, 3.63) is 74.8 Å². The molecule has 3 rings (SSSR count). The predicted molar refractivity (Wildman–Crippen MR) is 105 cm³/mol. The van der Waals surface area contributed by atoms with Gasteiger partial charge in [-0.1, -0.05) is 35.3 Å². The topological polar surface area (TPSA) is 59.0 Å². The summed E-state index contributed by atoms with van der Waals surface area (Å²) >= 11 is 15.1. The number of urea groups is 1. The Labute approximate surface area is 163 Å². The number of carbonyl (C=O) groups excluding carboxylic acids is 1. The molecule has 1 aromatic heterocycles. The maximum atomic E-state index is 12.1. The van der Waals surface area contributed by atoms with Gasteiger partial charge in [-0.25, -0.2) is 4.79 Å². The first-order chi connectivity index (χ1) is 12.0. The number of hydrogen-bond donors (Lipinski definition) is 2. The van der Waals surface area contributed by atoms with Gasteiger partial charge < -0.3 is 5.32 Å². The molecule has 0 bridgehead atoms. The standard InChI is InChI=1S/C17H13BrCl2N4O/c18-15-10-24(9-11-1-3-12(19)4-2-11)23-16(15)22-17(25)21-14-7-5-13(20)6-8-14/h1-8,10H,9H2,(H2,21,22,23,25). The van der Waals surface area contributed by atoms with Crippen molar-refractivity contribution in [2.24, 2.45) is 0 Å². The van der Waals surface area contributed by atoms with Crippen LogP contribution in [0.15, 0.2) is 59.2 Å². The van der Waals surface area contributed by atoms with Crippen LogP contribution in [0.4, 0.5) is 16.3 Å². The van der Waals surface area contributed by atoms with E-state index in [-0.39, 0.29) is 6.03 Å². The second kappa shape index (κ2) is 7.91. The quantitative estimate of drug-likeness (QED) is 0.552. The summed E-state index contributed by atoms with van der Waals surface area (Å²) in [4.78, 5) is 12.1. The molecule has 0 atom stereocenters. The van der Waals surface area contributed by atoms with Crippen molar-refractivity contribution in [2.45, 2.75) is 6.54 Å². The molecule has 0 fully saturated rings. The fourth-order valence-electron chi connectivity index (χ4n) is 2.14. The Hall–Kier alpha value is -2.02. The number of carbonyl (C=O) groups is 1. The molecule has 0 spiro atoms. The lowest BCUT2D eigenvalue weighted by Crippen LogP contribution is -2.20. The summed E-state index contributed by atoms with van der Waals surface area (Å²) in [6.07, 6.45) is 1.80. The molecule has 0 saturated carbocycles. The lowest BCUT2D eigenvalue weighted by atomic mass is 10.2. The molecule has 0 aliphatic rings. The minimum absolute atomic E-state index is 0.389. The summed E-state index contributed by atoms with van der Waals surface area (Å²) in [7, 11) is 0. The number of halogens is 3. The van der Waals surface area contributed by atoms with Crippen molar-refractivity contribution >= 4 is 56.7 Å². The van der Waals surface area contributed by atoms with Gasteiger partial charge in [0.1, 0.15) is 0 Å². The van der Waals surface area contributed by atoms with E-state index in [9.17, 15) is 4.79 Å². The Bertz CT molecular complexity index is 879. The summed E-state index contributed by atoms with van der Waals surface area (Å²) in [5, 5.41) is 11.1. The second-order valence-electron chi connectivity index (χ2n) is 5.24. The molecular weight excluding hydrogens is 427 g/mol. The van der Waals surface area contributed by atoms with E-state index in [4.69, 9.17) is 23.2 Å². The molecule has 0 unspecified atom stereocenters. The van der Waals surface area contributed by atoms with Gasteiger partial charge >= 0.3 is 6.03 Å². The van der Waals surface area contributed by atoms with Crippen molar-refractivity contribution in [3.8, 4) is 0 Å². The molecule has 0 aliphatic carbocycles. The molecule has 2 aromatic carbocycles. The molecule has 25 heavy (non-hydrogen) atoms. The summed E-state index contributed by atoms with van der Waals surface area (Å²) in [5.41, 5.74) is 1.69. The lowest BCUT2D eigenvalue weighted by molar-refractivity contribution is 0.262. The minimum atomic E-state index is -0.389. The highest BCUT2D eigenvalue weighted by Gasteiger charge is 2.11. The summed E-state index contributed by atoms with van der Waals surface area (Å²) < 4.78 is 2.42. The number of amides is 2. The van der Waals surface area contributed by atoms with E-state index in [0.29, 0.717) is 32.6 Å². The van der Waals surface area contributed by atoms with Gasteiger partial charge in [0.05, 0.1) is 11.0 Å². The number of benzene rings is 2. The third-order valence-corrected chi connectivity index (χ3v) is 4.39. The third-order valence-electron chi connectivity index (χ3n) is 3.31. The van der Waals surface area contributed by atoms with Crippen LogP contribution in [0.2, 0.25) is 10.0 Å². The van der Waals surface area contributed by atoms with E-state index < -0.39 is 0 Å². The van der Waals surface area contributed by atoms with Gasteiger partial charge in [0.25, 0.3) is 0 Å². The SMILES string of the molecule is O=C(Nc1ccc(Cl)cc1)Nc1nn(Cc2ccc(Cl)cc2)cc1Br. The maximum Gasteiger partial charge on any atom is 0.324 e. The largest absolute Gasteiger partial charge is 0.324 e. The van der Waals surface area contributed by atoms with Crippen LogP contribution < -0.4 is 10.6 Å². The van der Waals surface area contributed by atoms with E-state index in [1.807, 2.05) is 24.3 Å². The average Bonchev–Trinajstić information content (AvgIpc) is 2.91. The lowest BCUT2D eigenvalue weighted by Gasteiger charge is -2.06. The van der Waals surface area contributed by atoms with Crippen molar-refractivity contribution in [1.29, 1.82) is 0 Å². The van der Waals surface area contributed by atoms with Crippen LogP contribution in [0.3, 0.4) is 0 Å². The van der Waals surface area contributed by atoms with Crippen molar-refractivity contribution in [1.82, 2.24) is 9.78 Å². The maximum absolute atomic E-state index is 12.1. The van der Waals surface area contributed by atoms with Crippen molar-refractivity contribution in [2.75, 3.05) is 10.6 Å². The van der Waals surface area contributed by atoms with Gasteiger partial charge in [-0.3, -0.25) is 10.00 Å². The zero-order valence-electron chi connectivity index (χ0n) is 12.8. The Kier molecular flexibility index (Phi) is 5.63. The minimum Gasteiger partial charge on any atom is -0.308 e. The highest BCUT2D eigenvalue weighted by atomic mass is 79.9. The number of nitrogens with one attached hydrogen (secondary N) is 2. The third kappa shape index (κ3) is 4.98. The highest BCUT2D eigenvalue weighted by molar-refractivity contribution is 9.10. The van der Waals surface area contributed by atoms with Gasteiger partial charge in [0, 0.05) is 21.9 Å². The normalized spacial score (nSPS) is 10.5. The van der Waals surface area contributed by atoms with E-state index in [0.717, 1.165) is 5.56 Å². The molecule has 0 radical (unpaired) electrons. The first-order valence-electron chi connectivity index (χ1n) is 7.30. The fourth-order valence-corrected chi connectivity index (χ4v) is 2.81. The van der Waals surface area contributed by atoms with E-state index >= 15 is 0 Å². The molecule has 128 valence electrons. The molecule has 8 heteroatoms. The van der Waals surface area contributed by atoms with Gasteiger partial charge in [-0.05, 0) is 57.9 Å². The molecule has 0 aliphatic heterocycles. The molecule has 5 nitrogen and oxygen atoms in total. The Morgan fingerprint density at radius 3 is 2.24 bits per heavy atom. The van der Waals surface area contributed by atoms with E-state index in [1.54, 1.807) is 35.1 Å². The summed E-state index contributed by atoms with van der Waals surface area (Å²) in [6.45, 7) is 0.566. The Morgan fingerprint density at radius 1 is 1.00 bits per heavy atom. The molecule has 1 heterocycles. The zero-order valence-corrected chi connectivity index (χ0v) is 15.9. The number of aromatic nitrogens is 2. The van der Waals surface area contributed by atoms with Crippen LogP contribution >= 0.6 is 39.1 Å². The van der Waals surface area contributed by atoms with Crippen molar-refractivity contribution < 1.29 is 4.79 Å². The predicted octanol–water partition coefficient (Wildman–Crippen LogP) is 5.64. The van der Waals surface area contributed by atoms with Crippen LogP contribution in [0, 0.1) is 0 Å². The molecule has 3 aromatic rings. The number of hydrogen-bond acceptors (Lipinski definition) is 2. The van der Waals surface area contributed by atoms with Crippen LogP contribution in [-0.4, -0.2) is 15.8 Å². The van der Waals surface area contributed by atoms with Gasteiger partial charge in [-0.2, -0.15) is 5.10 Å². The first-order valence-corrected chi connectivity index (χ1v) is 8.85. The van der Waals surface area contributed by atoms with E-state index in [1.165, 1.54) is 0 Å². The molecule has 2 amide bonds. The smallest absolute Gasteiger partial charge is 0.308 e. The monoisotopic (exact) mass is 438 g/mol. The van der Waals surface area contributed by atoms with Gasteiger partial charge in [0.2, 0.25) is 0 Å². The number of anilines is 2. The van der Waals surface area contributed by atoms with Gasteiger partial charge in [-0.15, -0.1) is 0 Å². The fraction of sp³-hybridized carbons (Fsp3) is 0.0588. The van der Waals surface area contributed by atoms with Crippen LogP contribution in [0.5, 0.6) is 0 Å². The average molecular weight is 440 g/mol. The van der Waals surface area contributed by atoms with Crippen LogP contribution in [-0.2, 0) is 6.54 Å². The summed E-state index contributed by atoms with van der Waals surface area (Å²) in [5.74, 6) is 0.431. The van der Waals surface area contributed by atoms with Crippen molar-refractivity contribution in [3.63, 3.8) is 0 Å². The molecular formula is C17H13BrCl2N4O. The molecule has 2 N–H and O–H groups in total. The number of rotatable bonds is 4. The number of nitrogens with zero attached hydrogens (tertiary/aromatic N) is 2. The summed E-state index contributed by atoms with van der Waals surface area (Å²) in [6, 6.07) is 14.0.